The van der Waals surface area contributed by atoms with E-state index in [9.17, 15) is 10.1 Å². The fourth-order valence-electron chi connectivity index (χ4n) is 1.87. The Labute approximate surface area is 137 Å². The lowest BCUT2D eigenvalue weighted by molar-refractivity contribution is -0.415. The van der Waals surface area contributed by atoms with Crippen LogP contribution in [0.4, 0.5) is 0 Å². The van der Waals surface area contributed by atoms with Crippen LogP contribution in [0.5, 0.6) is 0 Å². The fraction of sp³-hybridized carbons (Fsp3) is 0.833. The average molecular weight is 312 g/mol. The molecular formula is C18H36N2O2. The second kappa shape index (κ2) is 17.9. The summed E-state index contributed by atoms with van der Waals surface area (Å²) in [5, 5.41) is 10.2. The molecule has 1 aliphatic rings. The lowest BCUT2D eigenvalue weighted by atomic mass is 10.2. The number of nitrogens with zero attached hydrogens (tertiary/aromatic N) is 2. The van der Waals surface area contributed by atoms with E-state index in [0.29, 0.717) is 18.7 Å². The Hall–Kier alpha value is -1.19. The Kier molecular flexibility index (Phi) is 18.7. The maximum absolute atomic E-state index is 10.2. The Balaban J connectivity index is 0. The van der Waals surface area contributed by atoms with Crippen LogP contribution in [0.15, 0.2) is 16.8 Å². The van der Waals surface area contributed by atoms with Gasteiger partial charge in [-0.1, -0.05) is 79.1 Å². The number of hydrogen-bond acceptors (Lipinski definition) is 3. The third-order valence-corrected chi connectivity index (χ3v) is 3.30. The maximum atomic E-state index is 10.2. The Morgan fingerprint density at radius 1 is 1.00 bits per heavy atom. The first-order chi connectivity index (χ1) is 10.5. The van der Waals surface area contributed by atoms with Crippen LogP contribution in [0.25, 0.3) is 0 Å². The minimum atomic E-state index is -0.391. The van der Waals surface area contributed by atoms with E-state index in [1.165, 1.54) is 51.4 Å². The first-order valence-electron chi connectivity index (χ1n) is 8.90. The summed E-state index contributed by atoms with van der Waals surface area (Å²) in [5.41, 5.74) is 0.697. The number of rotatable bonds is 7. The van der Waals surface area contributed by atoms with Gasteiger partial charge in [-0.2, -0.15) is 0 Å². The molecule has 0 N–H and O–H groups in total. The van der Waals surface area contributed by atoms with E-state index >= 15 is 0 Å². The smallest absolute Gasteiger partial charge is 0.283 e. The van der Waals surface area contributed by atoms with Gasteiger partial charge >= 0.3 is 0 Å². The molecule has 0 radical (unpaired) electrons. The molecule has 0 amide bonds. The summed E-state index contributed by atoms with van der Waals surface area (Å²) in [5.74, 6) is 0. The van der Waals surface area contributed by atoms with Crippen molar-refractivity contribution in [1.82, 2.24) is 0 Å². The largest absolute Gasteiger partial charge is 0.286 e. The minimum Gasteiger partial charge on any atom is -0.283 e. The molecule has 0 aromatic rings. The highest BCUT2D eigenvalue weighted by molar-refractivity contribution is 5.96. The van der Waals surface area contributed by atoms with Gasteiger partial charge in [-0.3, -0.25) is 15.1 Å². The van der Waals surface area contributed by atoms with Crippen molar-refractivity contribution < 1.29 is 4.92 Å². The predicted molar refractivity (Wildman–Crippen MR) is 97.3 cm³/mol. The molecule has 0 atom stereocenters. The van der Waals surface area contributed by atoms with E-state index in [-0.39, 0.29) is 5.70 Å². The number of dihydropyridines is 1. The van der Waals surface area contributed by atoms with Crippen molar-refractivity contribution in [3.8, 4) is 0 Å². The highest BCUT2D eigenvalue weighted by Gasteiger charge is 2.16. The van der Waals surface area contributed by atoms with Crippen LogP contribution in [0.3, 0.4) is 0 Å². The Morgan fingerprint density at radius 3 is 1.64 bits per heavy atom. The highest BCUT2D eigenvalue weighted by atomic mass is 16.6. The second-order valence-corrected chi connectivity index (χ2v) is 5.52. The van der Waals surface area contributed by atoms with Crippen LogP contribution in [0.2, 0.25) is 0 Å². The van der Waals surface area contributed by atoms with E-state index in [1.807, 2.05) is 0 Å². The van der Waals surface area contributed by atoms with E-state index < -0.39 is 4.92 Å². The summed E-state index contributed by atoms with van der Waals surface area (Å²) in [6.07, 6.45) is 13.4. The lowest BCUT2D eigenvalue weighted by Crippen LogP contribution is -2.11. The van der Waals surface area contributed by atoms with Gasteiger partial charge in [0.2, 0.25) is 0 Å². The van der Waals surface area contributed by atoms with Crippen LogP contribution >= 0.6 is 0 Å². The lowest BCUT2D eigenvalue weighted by Gasteiger charge is -2.02. The van der Waals surface area contributed by atoms with Crippen LogP contribution in [0, 0.1) is 10.1 Å². The Bertz CT molecular complexity index is 307. The molecule has 22 heavy (non-hydrogen) atoms. The molecule has 0 saturated carbocycles. The third-order valence-electron chi connectivity index (χ3n) is 3.30. The molecule has 4 heteroatoms. The van der Waals surface area contributed by atoms with Gasteiger partial charge in [-0.05, 0) is 19.4 Å². The maximum Gasteiger partial charge on any atom is 0.286 e. The van der Waals surface area contributed by atoms with Gasteiger partial charge < -0.3 is 0 Å². The van der Waals surface area contributed by atoms with E-state index in [4.69, 9.17) is 0 Å². The van der Waals surface area contributed by atoms with Gasteiger partial charge in [-0.15, -0.1) is 0 Å². The number of allylic oxidation sites excluding steroid dienone is 1. The first kappa shape index (κ1) is 23.1. The Morgan fingerprint density at radius 2 is 1.41 bits per heavy atom. The average Bonchev–Trinajstić information content (AvgIpc) is 2.52. The second-order valence-electron chi connectivity index (χ2n) is 5.52. The van der Waals surface area contributed by atoms with Gasteiger partial charge in [-0.25, -0.2) is 0 Å². The van der Waals surface area contributed by atoms with Gasteiger partial charge in [0.15, 0.2) is 0 Å². The summed E-state index contributed by atoms with van der Waals surface area (Å²) >= 11 is 0. The van der Waals surface area contributed by atoms with Gasteiger partial charge in [0.25, 0.3) is 5.70 Å². The quantitative estimate of drug-likeness (QED) is 0.320. The SMILES string of the molecule is CC1=NCCC=C1[N+](=O)[O-].CCCCCC.CCCCCC. The van der Waals surface area contributed by atoms with Crippen LogP contribution in [0.1, 0.15) is 92.4 Å². The summed E-state index contributed by atoms with van der Waals surface area (Å²) < 4.78 is 0. The highest BCUT2D eigenvalue weighted by Crippen LogP contribution is 2.06. The van der Waals surface area contributed by atoms with Crippen molar-refractivity contribution in [3.05, 3.63) is 21.9 Å². The van der Waals surface area contributed by atoms with Crippen molar-refractivity contribution in [1.29, 1.82) is 0 Å². The van der Waals surface area contributed by atoms with Crippen molar-refractivity contribution in [2.75, 3.05) is 6.54 Å². The standard InChI is InChI=1S/C6H8N2O2.2C6H14/c1-5-6(8(9)10)3-2-4-7-5;2*1-3-5-6-4-2/h3H,2,4H2,1H3;2*3-6H2,1-2H3. The number of aliphatic imine (C=N–C) groups is 1. The normalized spacial score (nSPS) is 13.0. The molecule has 0 fully saturated rings. The number of hydrogen-bond donors (Lipinski definition) is 0. The molecule has 0 spiro atoms. The van der Waals surface area contributed by atoms with Gasteiger partial charge in [0.1, 0.15) is 5.71 Å². The molecule has 4 nitrogen and oxygen atoms in total. The molecule has 0 aromatic heterocycles. The van der Waals surface area contributed by atoms with Crippen LogP contribution < -0.4 is 0 Å². The van der Waals surface area contributed by atoms with Crippen molar-refractivity contribution in [2.24, 2.45) is 4.99 Å². The zero-order chi connectivity index (χ0) is 17.2. The molecule has 0 aromatic carbocycles. The van der Waals surface area contributed by atoms with Crippen LogP contribution in [-0.2, 0) is 0 Å². The van der Waals surface area contributed by atoms with Crippen molar-refractivity contribution >= 4 is 5.71 Å². The van der Waals surface area contributed by atoms with E-state index in [0.717, 1.165) is 0 Å². The number of nitro groups is 1. The summed E-state index contributed by atoms with van der Waals surface area (Å²) in [4.78, 5) is 13.8. The molecular weight excluding hydrogens is 276 g/mol. The van der Waals surface area contributed by atoms with Gasteiger partial charge in [0.05, 0.1) is 4.92 Å². The molecule has 1 rings (SSSR count). The first-order valence-corrected chi connectivity index (χ1v) is 8.90. The molecule has 0 unspecified atom stereocenters. The van der Waals surface area contributed by atoms with Crippen molar-refractivity contribution in [3.63, 3.8) is 0 Å². The van der Waals surface area contributed by atoms with Crippen LogP contribution in [-0.4, -0.2) is 17.2 Å². The van der Waals surface area contributed by atoms with Gasteiger partial charge in [0, 0.05) is 6.54 Å². The minimum absolute atomic E-state index is 0.159. The summed E-state index contributed by atoms with van der Waals surface area (Å²) in [6.45, 7) is 11.3. The van der Waals surface area contributed by atoms with Crippen molar-refractivity contribution in [2.45, 2.75) is 92.4 Å². The molecule has 0 saturated heterocycles. The summed E-state index contributed by atoms with van der Waals surface area (Å²) in [7, 11) is 0. The molecule has 1 heterocycles. The molecule has 0 aliphatic carbocycles. The fourth-order valence-corrected chi connectivity index (χ4v) is 1.87. The molecule has 0 bridgehead atoms. The summed E-state index contributed by atoms with van der Waals surface area (Å²) in [6, 6.07) is 0. The zero-order valence-corrected chi connectivity index (χ0v) is 15.4. The molecule has 130 valence electrons. The number of unbranched alkanes of at least 4 members (excludes halogenated alkanes) is 6. The van der Waals surface area contributed by atoms with E-state index in [2.05, 4.69) is 32.7 Å². The zero-order valence-electron chi connectivity index (χ0n) is 15.4. The van der Waals surface area contributed by atoms with E-state index in [1.54, 1.807) is 13.0 Å². The predicted octanol–water partition coefficient (Wildman–Crippen LogP) is 6.18. The third kappa shape index (κ3) is 15.2. The topological polar surface area (TPSA) is 55.5 Å². The molecule has 1 aliphatic heterocycles. The monoisotopic (exact) mass is 312 g/mol.